The molecule has 1 unspecified atom stereocenters. The van der Waals surface area contributed by atoms with Gasteiger partial charge < -0.3 is 9.84 Å². The zero-order valence-electron chi connectivity index (χ0n) is 10.2. The van der Waals surface area contributed by atoms with E-state index in [-0.39, 0.29) is 12.3 Å². The molecular weight excluding hydrogens is 258 g/mol. The van der Waals surface area contributed by atoms with E-state index in [0.29, 0.717) is 26.1 Å². The SMILES string of the molecule is O=C(O)CC(NS(=O)(=O)C1CCOCC1)C1CC1. The fourth-order valence-corrected chi connectivity index (χ4v) is 3.99. The third kappa shape index (κ3) is 3.66. The zero-order chi connectivity index (χ0) is 13.2. The Labute approximate surface area is 107 Å². The summed E-state index contributed by atoms with van der Waals surface area (Å²) in [5, 5.41) is 8.37. The van der Waals surface area contributed by atoms with Crippen LogP contribution in [0, 0.1) is 5.92 Å². The monoisotopic (exact) mass is 277 g/mol. The Hall–Kier alpha value is -0.660. The van der Waals surface area contributed by atoms with Crippen LogP contribution in [0.15, 0.2) is 0 Å². The second-order valence-electron chi connectivity index (χ2n) is 5.02. The van der Waals surface area contributed by atoms with Gasteiger partial charge >= 0.3 is 5.97 Å². The van der Waals surface area contributed by atoms with Crippen LogP contribution in [0.25, 0.3) is 0 Å². The van der Waals surface area contributed by atoms with Crippen molar-refractivity contribution in [3.63, 3.8) is 0 Å². The maximum atomic E-state index is 12.2. The van der Waals surface area contributed by atoms with Crippen molar-refractivity contribution in [3.05, 3.63) is 0 Å². The highest BCUT2D eigenvalue weighted by Crippen LogP contribution is 2.34. The number of hydrogen-bond acceptors (Lipinski definition) is 4. The van der Waals surface area contributed by atoms with Gasteiger partial charge in [0.05, 0.1) is 11.7 Å². The van der Waals surface area contributed by atoms with Crippen LogP contribution in [-0.2, 0) is 19.6 Å². The van der Waals surface area contributed by atoms with E-state index in [1.54, 1.807) is 0 Å². The summed E-state index contributed by atoms with van der Waals surface area (Å²) < 4.78 is 32.0. The fourth-order valence-electron chi connectivity index (χ4n) is 2.28. The first kappa shape index (κ1) is 13.8. The molecule has 0 radical (unpaired) electrons. The van der Waals surface area contributed by atoms with Gasteiger partial charge in [0.2, 0.25) is 10.0 Å². The van der Waals surface area contributed by atoms with Crippen LogP contribution < -0.4 is 4.72 Å². The maximum absolute atomic E-state index is 12.2. The molecule has 18 heavy (non-hydrogen) atoms. The molecule has 0 aromatic rings. The van der Waals surface area contributed by atoms with Gasteiger partial charge in [-0.2, -0.15) is 0 Å². The lowest BCUT2D eigenvalue weighted by molar-refractivity contribution is -0.137. The van der Waals surface area contributed by atoms with E-state index in [0.717, 1.165) is 12.8 Å². The summed E-state index contributed by atoms with van der Waals surface area (Å²) in [6, 6.07) is -0.449. The number of carbonyl (C=O) groups is 1. The van der Waals surface area contributed by atoms with Crippen molar-refractivity contribution in [3.8, 4) is 0 Å². The Morgan fingerprint density at radius 1 is 1.28 bits per heavy atom. The van der Waals surface area contributed by atoms with Gasteiger partial charge in [0.1, 0.15) is 0 Å². The molecule has 0 amide bonds. The highest BCUT2D eigenvalue weighted by molar-refractivity contribution is 7.90. The molecule has 0 spiro atoms. The molecule has 1 heterocycles. The lowest BCUT2D eigenvalue weighted by Gasteiger charge is -2.25. The average molecular weight is 277 g/mol. The van der Waals surface area contributed by atoms with Crippen LogP contribution in [0.3, 0.4) is 0 Å². The van der Waals surface area contributed by atoms with Crippen LogP contribution in [0.2, 0.25) is 0 Å². The van der Waals surface area contributed by atoms with E-state index in [1.807, 2.05) is 0 Å². The number of sulfonamides is 1. The molecule has 1 aliphatic heterocycles. The van der Waals surface area contributed by atoms with Crippen LogP contribution >= 0.6 is 0 Å². The van der Waals surface area contributed by atoms with Crippen LogP contribution in [0.5, 0.6) is 0 Å². The largest absolute Gasteiger partial charge is 0.481 e. The zero-order valence-corrected chi connectivity index (χ0v) is 11.0. The number of hydrogen-bond donors (Lipinski definition) is 2. The number of ether oxygens (including phenoxy) is 1. The summed E-state index contributed by atoms with van der Waals surface area (Å²) in [5.41, 5.74) is 0. The van der Waals surface area contributed by atoms with E-state index in [1.165, 1.54) is 0 Å². The highest BCUT2D eigenvalue weighted by Gasteiger charge is 2.37. The van der Waals surface area contributed by atoms with E-state index >= 15 is 0 Å². The van der Waals surface area contributed by atoms with Crippen molar-refractivity contribution in [2.45, 2.75) is 43.4 Å². The molecule has 6 nitrogen and oxygen atoms in total. The van der Waals surface area contributed by atoms with Gasteiger partial charge in [-0.3, -0.25) is 4.79 Å². The first-order valence-electron chi connectivity index (χ1n) is 6.30. The van der Waals surface area contributed by atoms with Gasteiger partial charge in [-0.15, -0.1) is 0 Å². The predicted molar refractivity (Wildman–Crippen MR) is 64.7 cm³/mol. The average Bonchev–Trinajstić information content (AvgIpc) is 3.12. The molecule has 1 atom stereocenters. The molecule has 2 fully saturated rings. The molecule has 7 heteroatoms. The molecule has 2 aliphatic rings. The first-order valence-corrected chi connectivity index (χ1v) is 7.84. The summed E-state index contributed by atoms with van der Waals surface area (Å²) in [4.78, 5) is 10.7. The van der Waals surface area contributed by atoms with Gasteiger partial charge in [0.25, 0.3) is 0 Å². The van der Waals surface area contributed by atoms with Crippen molar-refractivity contribution in [2.24, 2.45) is 5.92 Å². The molecule has 1 saturated heterocycles. The quantitative estimate of drug-likeness (QED) is 0.730. The molecule has 2 rings (SSSR count). The molecule has 1 aliphatic carbocycles. The minimum atomic E-state index is -3.43. The summed E-state index contributed by atoms with van der Waals surface area (Å²) in [6.45, 7) is 0.914. The number of nitrogens with one attached hydrogen (secondary N) is 1. The number of aliphatic carboxylic acids is 1. The van der Waals surface area contributed by atoms with Crippen molar-refractivity contribution in [2.75, 3.05) is 13.2 Å². The van der Waals surface area contributed by atoms with Crippen LogP contribution in [-0.4, -0.2) is 44.0 Å². The van der Waals surface area contributed by atoms with Crippen molar-refractivity contribution >= 4 is 16.0 Å². The molecule has 2 N–H and O–H groups in total. The Bertz CT molecular complexity index is 398. The van der Waals surface area contributed by atoms with E-state index in [2.05, 4.69) is 4.72 Å². The van der Waals surface area contributed by atoms with Gasteiger partial charge in [-0.05, 0) is 31.6 Å². The second-order valence-corrected chi connectivity index (χ2v) is 7.01. The third-order valence-corrected chi connectivity index (χ3v) is 5.49. The Morgan fingerprint density at radius 3 is 2.39 bits per heavy atom. The van der Waals surface area contributed by atoms with Crippen LogP contribution in [0.1, 0.15) is 32.1 Å². The van der Waals surface area contributed by atoms with E-state index in [4.69, 9.17) is 9.84 Å². The van der Waals surface area contributed by atoms with Crippen molar-refractivity contribution < 1.29 is 23.1 Å². The van der Waals surface area contributed by atoms with Gasteiger partial charge in [0.15, 0.2) is 0 Å². The third-order valence-electron chi connectivity index (χ3n) is 3.51. The first-order chi connectivity index (χ1) is 8.49. The van der Waals surface area contributed by atoms with Gasteiger partial charge in [-0.1, -0.05) is 0 Å². The fraction of sp³-hybridized carbons (Fsp3) is 0.909. The van der Waals surface area contributed by atoms with Crippen molar-refractivity contribution in [1.29, 1.82) is 0 Å². The highest BCUT2D eigenvalue weighted by atomic mass is 32.2. The van der Waals surface area contributed by atoms with E-state index < -0.39 is 27.3 Å². The number of rotatable bonds is 6. The number of carboxylic acid groups (broad SMARTS) is 1. The molecule has 104 valence electrons. The molecule has 0 aromatic heterocycles. The van der Waals surface area contributed by atoms with Crippen LogP contribution in [0.4, 0.5) is 0 Å². The molecule has 0 aromatic carbocycles. The number of carboxylic acids is 1. The lowest BCUT2D eigenvalue weighted by atomic mass is 10.1. The normalized spacial score (nSPS) is 23.8. The van der Waals surface area contributed by atoms with Gasteiger partial charge in [-0.25, -0.2) is 13.1 Å². The predicted octanol–water partition coefficient (Wildman–Crippen LogP) is 0.338. The minimum Gasteiger partial charge on any atom is -0.481 e. The standard InChI is InChI=1S/C11H19NO5S/c13-11(14)7-10(8-1-2-8)12-18(15,16)9-3-5-17-6-4-9/h8-10,12H,1-7H2,(H,13,14). The Morgan fingerprint density at radius 2 is 1.89 bits per heavy atom. The summed E-state index contributed by atoms with van der Waals surface area (Å²) in [7, 11) is -3.43. The molecule has 1 saturated carbocycles. The summed E-state index contributed by atoms with van der Waals surface area (Å²) in [5.74, 6) is -0.766. The Balaban J connectivity index is 1.97. The van der Waals surface area contributed by atoms with E-state index in [9.17, 15) is 13.2 Å². The molecular formula is C11H19NO5S. The second kappa shape index (κ2) is 5.54. The molecule has 0 bridgehead atoms. The summed E-state index contributed by atoms with van der Waals surface area (Å²) in [6.07, 6.45) is 2.66. The Kier molecular flexibility index (Phi) is 4.24. The topological polar surface area (TPSA) is 92.7 Å². The maximum Gasteiger partial charge on any atom is 0.304 e. The summed E-state index contributed by atoms with van der Waals surface area (Å²) >= 11 is 0. The lowest BCUT2D eigenvalue weighted by Crippen LogP contribution is -2.44. The minimum absolute atomic E-state index is 0.132. The smallest absolute Gasteiger partial charge is 0.304 e. The van der Waals surface area contributed by atoms with Crippen molar-refractivity contribution in [1.82, 2.24) is 4.72 Å². The van der Waals surface area contributed by atoms with Gasteiger partial charge in [0, 0.05) is 19.3 Å².